The fourth-order valence-electron chi connectivity index (χ4n) is 3.74. The van der Waals surface area contributed by atoms with Crippen molar-refractivity contribution < 1.29 is 4.74 Å². The highest BCUT2D eigenvalue weighted by molar-refractivity contribution is 7.09. The molecule has 5 nitrogen and oxygen atoms in total. The Morgan fingerprint density at radius 3 is 2.88 bits per heavy atom. The van der Waals surface area contributed by atoms with Gasteiger partial charge in [0, 0.05) is 48.3 Å². The van der Waals surface area contributed by atoms with E-state index in [1.807, 2.05) is 0 Å². The van der Waals surface area contributed by atoms with Crippen LogP contribution in [0.3, 0.4) is 0 Å². The van der Waals surface area contributed by atoms with E-state index in [1.165, 1.54) is 33.7 Å². The number of hydrogen-bond acceptors (Lipinski definition) is 5. The largest absolute Gasteiger partial charge is 0.377 e. The van der Waals surface area contributed by atoms with E-state index in [9.17, 15) is 0 Å². The molecule has 4 rings (SSSR count). The Morgan fingerprint density at radius 2 is 2.08 bits per heavy atom. The predicted molar refractivity (Wildman–Crippen MR) is 97.8 cm³/mol. The van der Waals surface area contributed by atoms with Crippen molar-refractivity contribution >= 4 is 27.6 Å². The number of H-pyrrole nitrogens is 1. The van der Waals surface area contributed by atoms with Gasteiger partial charge in [-0.2, -0.15) is 4.37 Å². The summed E-state index contributed by atoms with van der Waals surface area (Å²) >= 11 is 1.48. The first-order valence-electron chi connectivity index (χ1n) is 8.40. The summed E-state index contributed by atoms with van der Waals surface area (Å²) in [5, 5.41) is 2.41. The monoisotopic (exact) mass is 342 g/mol. The van der Waals surface area contributed by atoms with Crippen LogP contribution >= 0.6 is 11.5 Å². The number of benzene rings is 1. The molecule has 3 heterocycles. The molecule has 3 aromatic rings. The van der Waals surface area contributed by atoms with Crippen LogP contribution in [0.1, 0.15) is 35.8 Å². The van der Waals surface area contributed by atoms with Gasteiger partial charge in [-0.3, -0.25) is 0 Å². The predicted octanol–water partition coefficient (Wildman–Crippen LogP) is 3.86. The van der Waals surface area contributed by atoms with Crippen LogP contribution in [0.5, 0.6) is 0 Å². The summed E-state index contributed by atoms with van der Waals surface area (Å²) in [5.41, 5.74) is 4.07. The minimum absolute atomic E-state index is 0.488. The quantitative estimate of drug-likeness (QED) is 0.782. The second-order valence-corrected chi connectivity index (χ2v) is 7.13. The molecule has 1 N–H and O–H groups in total. The Hall–Kier alpha value is -1.92. The molecule has 126 valence electrons. The number of nitrogens with zero attached hydrogens (tertiary/aromatic N) is 3. The van der Waals surface area contributed by atoms with Crippen molar-refractivity contribution in [3.8, 4) is 0 Å². The maximum atomic E-state index is 5.11. The standard InChI is InChI=1S/C18H22N4OS/c1-12-17(14-5-3-4-6-15(14)19-12)13-7-9-22(10-8-13)18-20-16(11-23-2)21-24-18/h3-6,13,19H,7-11H2,1-2H3. The lowest BCUT2D eigenvalue weighted by Gasteiger charge is -2.31. The first-order valence-corrected chi connectivity index (χ1v) is 9.17. The lowest BCUT2D eigenvalue weighted by atomic mass is 9.88. The van der Waals surface area contributed by atoms with Crippen LogP contribution in [0.4, 0.5) is 5.13 Å². The number of rotatable bonds is 4. The summed E-state index contributed by atoms with van der Waals surface area (Å²) in [6.07, 6.45) is 2.31. The maximum Gasteiger partial charge on any atom is 0.205 e. The number of fused-ring (bicyclic) bond motifs is 1. The van der Waals surface area contributed by atoms with Crippen molar-refractivity contribution in [1.82, 2.24) is 14.3 Å². The molecule has 0 amide bonds. The van der Waals surface area contributed by atoms with Crippen molar-refractivity contribution in [3.05, 3.63) is 41.3 Å². The van der Waals surface area contributed by atoms with Crippen LogP contribution in [0.2, 0.25) is 0 Å². The average molecular weight is 342 g/mol. The van der Waals surface area contributed by atoms with Gasteiger partial charge in [0.05, 0.1) is 0 Å². The zero-order valence-corrected chi connectivity index (χ0v) is 14.9. The fourth-order valence-corrected chi connectivity index (χ4v) is 4.47. The minimum atomic E-state index is 0.488. The second kappa shape index (κ2) is 6.53. The molecule has 1 aliphatic rings. The minimum Gasteiger partial charge on any atom is -0.377 e. The van der Waals surface area contributed by atoms with Gasteiger partial charge in [-0.1, -0.05) is 18.2 Å². The van der Waals surface area contributed by atoms with Crippen LogP contribution in [0.25, 0.3) is 10.9 Å². The van der Waals surface area contributed by atoms with Gasteiger partial charge < -0.3 is 14.6 Å². The van der Waals surface area contributed by atoms with Crippen LogP contribution in [-0.2, 0) is 11.3 Å². The van der Waals surface area contributed by atoms with Crippen molar-refractivity contribution in [2.24, 2.45) is 0 Å². The van der Waals surface area contributed by atoms with Crippen LogP contribution in [0, 0.1) is 6.92 Å². The van der Waals surface area contributed by atoms with E-state index in [0.29, 0.717) is 12.5 Å². The van der Waals surface area contributed by atoms with Crippen molar-refractivity contribution in [2.75, 3.05) is 25.1 Å². The van der Waals surface area contributed by atoms with Gasteiger partial charge in [-0.05, 0) is 37.3 Å². The summed E-state index contributed by atoms with van der Waals surface area (Å²) in [4.78, 5) is 10.5. The average Bonchev–Trinajstić information content (AvgIpc) is 3.19. The van der Waals surface area contributed by atoms with Gasteiger partial charge in [0.1, 0.15) is 6.61 Å². The van der Waals surface area contributed by atoms with Crippen LogP contribution < -0.4 is 4.90 Å². The summed E-state index contributed by atoms with van der Waals surface area (Å²) < 4.78 is 9.47. The first kappa shape index (κ1) is 15.6. The van der Waals surface area contributed by atoms with Crippen molar-refractivity contribution in [3.63, 3.8) is 0 Å². The molecular weight excluding hydrogens is 320 g/mol. The number of aromatic nitrogens is 3. The van der Waals surface area contributed by atoms with Crippen LogP contribution in [-0.4, -0.2) is 34.5 Å². The number of nitrogens with one attached hydrogen (secondary N) is 1. The van der Waals surface area contributed by atoms with Gasteiger partial charge in [0.15, 0.2) is 5.82 Å². The molecule has 0 spiro atoms. The zero-order chi connectivity index (χ0) is 16.5. The van der Waals surface area contributed by atoms with E-state index < -0.39 is 0 Å². The molecule has 6 heteroatoms. The molecule has 0 radical (unpaired) electrons. The Balaban J connectivity index is 1.50. The Kier molecular flexibility index (Phi) is 4.24. The topological polar surface area (TPSA) is 54.0 Å². The molecule has 0 atom stereocenters. The molecule has 1 fully saturated rings. The molecule has 2 aromatic heterocycles. The number of ether oxygens (including phenoxy) is 1. The molecule has 1 saturated heterocycles. The SMILES string of the molecule is COCc1nsc(N2CCC(c3c(C)[nH]c4ccccc34)CC2)n1. The third-order valence-corrected chi connectivity index (χ3v) is 5.66. The van der Waals surface area contributed by atoms with E-state index in [2.05, 4.69) is 50.4 Å². The number of anilines is 1. The van der Waals surface area contributed by atoms with Crippen molar-refractivity contribution in [1.29, 1.82) is 0 Å². The third kappa shape index (κ3) is 2.80. The highest BCUT2D eigenvalue weighted by Crippen LogP contribution is 2.36. The molecule has 0 aliphatic carbocycles. The Morgan fingerprint density at radius 1 is 1.29 bits per heavy atom. The smallest absolute Gasteiger partial charge is 0.205 e. The van der Waals surface area contributed by atoms with Gasteiger partial charge in [-0.15, -0.1) is 0 Å². The fraction of sp³-hybridized carbons (Fsp3) is 0.444. The molecule has 0 saturated carbocycles. The van der Waals surface area contributed by atoms with Gasteiger partial charge in [0.25, 0.3) is 0 Å². The number of para-hydroxylation sites is 1. The highest BCUT2D eigenvalue weighted by atomic mass is 32.1. The number of aromatic amines is 1. The molecule has 24 heavy (non-hydrogen) atoms. The summed E-state index contributed by atoms with van der Waals surface area (Å²) in [5.74, 6) is 1.40. The van der Waals surface area contributed by atoms with Gasteiger partial charge in [-0.25, -0.2) is 4.98 Å². The van der Waals surface area contributed by atoms with E-state index in [1.54, 1.807) is 7.11 Å². The zero-order valence-electron chi connectivity index (χ0n) is 14.1. The maximum absolute atomic E-state index is 5.11. The molecule has 0 unspecified atom stereocenters. The molecule has 1 aromatic carbocycles. The normalized spacial score (nSPS) is 16.2. The lowest BCUT2D eigenvalue weighted by Crippen LogP contribution is -2.32. The highest BCUT2D eigenvalue weighted by Gasteiger charge is 2.26. The van der Waals surface area contributed by atoms with Crippen molar-refractivity contribution in [2.45, 2.75) is 32.3 Å². The Bertz CT molecular complexity index is 833. The molecule has 0 bridgehead atoms. The number of hydrogen-bond donors (Lipinski definition) is 1. The summed E-state index contributed by atoms with van der Waals surface area (Å²) in [7, 11) is 1.68. The van der Waals surface area contributed by atoms with Gasteiger partial charge >= 0.3 is 0 Å². The lowest BCUT2D eigenvalue weighted by molar-refractivity contribution is 0.179. The second-order valence-electron chi connectivity index (χ2n) is 6.40. The van der Waals surface area contributed by atoms with E-state index in [0.717, 1.165) is 36.9 Å². The van der Waals surface area contributed by atoms with E-state index in [4.69, 9.17) is 4.74 Å². The number of piperidine rings is 1. The number of aryl methyl sites for hydroxylation is 1. The number of methoxy groups -OCH3 is 1. The van der Waals surface area contributed by atoms with E-state index >= 15 is 0 Å². The van der Waals surface area contributed by atoms with Gasteiger partial charge in [0.2, 0.25) is 5.13 Å². The summed E-state index contributed by atoms with van der Waals surface area (Å²) in [6.45, 7) is 4.75. The third-order valence-electron chi connectivity index (χ3n) is 4.85. The van der Waals surface area contributed by atoms with Crippen LogP contribution in [0.15, 0.2) is 24.3 Å². The molecule has 1 aliphatic heterocycles. The first-order chi connectivity index (χ1) is 11.8. The molecular formula is C18H22N4OS. The van der Waals surface area contributed by atoms with E-state index in [-0.39, 0.29) is 0 Å². The Labute approximate surface area is 145 Å². The summed E-state index contributed by atoms with van der Waals surface area (Å²) in [6, 6.07) is 8.63.